The fourth-order valence-electron chi connectivity index (χ4n) is 0.745. The molecule has 0 atom stereocenters. The van der Waals surface area contributed by atoms with Gasteiger partial charge in [0.1, 0.15) is 0 Å². The fraction of sp³-hybridized carbons (Fsp3) is 1.00. The van der Waals surface area contributed by atoms with E-state index in [-0.39, 0.29) is 21.8 Å². The van der Waals surface area contributed by atoms with E-state index in [4.69, 9.17) is 50.9 Å². The van der Waals surface area contributed by atoms with E-state index in [0.29, 0.717) is 3.29 Å². The van der Waals surface area contributed by atoms with E-state index in [2.05, 4.69) is 13.8 Å². The Labute approximate surface area is 134 Å². The largest absolute Gasteiger partial charge is 0.800 e. The second-order valence-corrected chi connectivity index (χ2v) is 5.80. The molecule has 0 aliphatic heterocycles. The van der Waals surface area contributed by atoms with E-state index in [1.54, 1.807) is 0 Å². The van der Waals surface area contributed by atoms with E-state index in [9.17, 15) is 0 Å². The first kappa shape index (κ1) is 23.0. The van der Waals surface area contributed by atoms with Crippen LogP contribution in [0.3, 0.4) is 0 Å². The Balaban J connectivity index is -0.000000200. The van der Waals surface area contributed by atoms with Gasteiger partial charge in [0, 0.05) is 30.2 Å². The maximum Gasteiger partial charge on any atom is 0.0434 e. The summed E-state index contributed by atoms with van der Waals surface area (Å²) in [6.07, 6.45) is 0. The molecule has 0 N–H and O–H groups in total. The predicted octanol–water partition coefficient (Wildman–Crippen LogP) is 1.47. The Bertz CT molecular complexity index is 137. The first-order valence-electron chi connectivity index (χ1n) is 5.19. The van der Waals surface area contributed by atoms with Crippen molar-refractivity contribution in [2.45, 2.75) is 32.4 Å². The molecule has 0 spiro atoms. The van der Waals surface area contributed by atoms with E-state index in [1.165, 1.54) is 0 Å². The van der Waals surface area contributed by atoms with Crippen molar-refractivity contribution in [3.63, 3.8) is 0 Å². The summed E-state index contributed by atoms with van der Waals surface area (Å²) in [7, 11) is 0. The third-order valence-electron chi connectivity index (χ3n) is 2.07. The Morgan fingerprint density at radius 2 is 1.25 bits per heavy atom. The third kappa shape index (κ3) is 13.9. The maximum atomic E-state index is 4.90. The zero-order valence-electron chi connectivity index (χ0n) is 10.2. The molecular formula is C9H21CuN2S4-3. The van der Waals surface area contributed by atoms with Gasteiger partial charge in [-0.3, -0.25) is 0 Å². The summed E-state index contributed by atoms with van der Waals surface area (Å²) in [5.41, 5.74) is 0. The zero-order chi connectivity index (χ0) is 12.5. The molecule has 0 saturated heterocycles. The van der Waals surface area contributed by atoms with Gasteiger partial charge in [0.15, 0.2) is 0 Å². The summed E-state index contributed by atoms with van der Waals surface area (Å²) in [6.45, 7) is 11.8. The molecule has 7 heteroatoms. The summed E-state index contributed by atoms with van der Waals surface area (Å²) in [5.74, 6) is 0. The smallest absolute Gasteiger partial charge is 0.0434 e. The minimum Gasteiger partial charge on any atom is -0.800 e. The quantitative estimate of drug-likeness (QED) is 0.419. The molecule has 2 nitrogen and oxygen atoms in total. The Hall–Kier alpha value is 1.84. The van der Waals surface area contributed by atoms with Crippen LogP contribution >= 0.6 is 0 Å². The predicted molar refractivity (Wildman–Crippen MR) is 77.5 cm³/mol. The van der Waals surface area contributed by atoms with E-state index < -0.39 is 0 Å². The molecule has 0 saturated carbocycles. The van der Waals surface area contributed by atoms with Gasteiger partial charge in [0.25, 0.3) is 0 Å². The molecular weight excluding hydrogens is 328 g/mol. The van der Waals surface area contributed by atoms with Crippen LogP contribution in [0.2, 0.25) is 0 Å². The second kappa shape index (κ2) is 13.3. The first-order valence-corrected chi connectivity index (χ1v) is 6.86. The minimum absolute atomic E-state index is 0. The molecule has 105 valence electrons. The average molecular weight is 349 g/mol. The average Bonchev–Trinajstić information content (AvgIpc) is 2.20. The molecule has 16 heavy (non-hydrogen) atoms. The molecule has 0 aliphatic rings. The standard InChI is InChI=1S/C5H13NS2.C4H10NS2.Cu/c1-3-6(4-2)5(7)8;1-3-5(6,7)4-2;/h5,7-8H,3-4H2,1-2H3;3-4H2,1-2H3;/q;-1;/p-2. The molecule has 1 radical (unpaired) electrons. The van der Waals surface area contributed by atoms with Crippen LogP contribution in [0.15, 0.2) is 0 Å². The van der Waals surface area contributed by atoms with Crippen LogP contribution in [-0.2, 0) is 68.0 Å². The van der Waals surface area contributed by atoms with Crippen LogP contribution in [0.25, 0.3) is 0 Å². The van der Waals surface area contributed by atoms with Crippen LogP contribution < -0.4 is 0 Å². The number of rotatable bonds is 5. The summed E-state index contributed by atoms with van der Waals surface area (Å²) >= 11 is 19.5. The molecule has 0 aromatic rings. The van der Waals surface area contributed by atoms with Gasteiger partial charge in [0.05, 0.1) is 0 Å². The van der Waals surface area contributed by atoms with E-state index >= 15 is 0 Å². The zero-order valence-corrected chi connectivity index (χ0v) is 14.4. The van der Waals surface area contributed by atoms with Crippen molar-refractivity contribution >= 4 is 50.9 Å². The van der Waals surface area contributed by atoms with Crippen molar-refractivity contribution in [3.05, 3.63) is 0 Å². The van der Waals surface area contributed by atoms with Crippen LogP contribution in [0.1, 0.15) is 27.7 Å². The van der Waals surface area contributed by atoms with Gasteiger partial charge < -0.3 is 59.1 Å². The van der Waals surface area contributed by atoms with Crippen molar-refractivity contribution < 1.29 is 20.4 Å². The molecule has 0 bridgehead atoms. The molecule has 0 aromatic heterocycles. The molecule has 0 unspecified atom stereocenters. The van der Waals surface area contributed by atoms with Gasteiger partial charge in [0.2, 0.25) is 0 Å². The van der Waals surface area contributed by atoms with Gasteiger partial charge >= 0.3 is 0 Å². The molecule has 0 heterocycles. The molecule has 0 amide bonds. The Kier molecular flexibility index (Phi) is 19.1. The van der Waals surface area contributed by atoms with Crippen LogP contribution in [0, 0.1) is 0 Å². The van der Waals surface area contributed by atoms with Crippen molar-refractivity contribution in [2.75, 3.05) is 26.2 Å². The molecule has 0 aliphatic carbocycles. The Morgan fingerprint density at radius 1 is 0.938 bits per heavy atom. The SMILES string of the molecule is CCN(CC)C([S-])[S-].CC[N+]([S-])([S-])CC.[Cu]. The van der Waals surface area contributed by atoms with Gasteiger partial charge in [-0.15, -0.1) is 0 Å². The molecule has 0 fully saturated rings. The second-order valence-electron chi connectivity index (χ2n) is 2.98. The van der Waals surface area contributed by atoms with E-state index in [0.717, 1.165) is 26.2 Å². The number of nitrogens with zero attached hydrogens (tertiary/aromatic N) is 2. The monoisotopic (exact) mass is 348 g/mol. The number of quaternary nitrogens is 1. The van der Waals surface area contributed by atoms with Crippen molar-refractivity contribution in [1.29, 1.82) is 0 Å². The summed E-state index contributed by atoms with van der Waals surface area (Å²) in [6, 6.07) is 0. The van der Waals surface area contributed by atoms with Crippen molar-refractivity contribution in [3.8, 4) is 0 Å². The molecule has 0 aromatic carbocycles. The topological polar surface area (TPSA) is 3.24 Å². The first-order chi connectivity index (χ1) is 6.84. The van der Waals surface area contributed by atoms with Gasteiger partial charge in [-0.2, -0.15) is 0 Å². The maximum absolute atomic E-state index is 4.90. The van der Waals surface area contributed by atoms with Gasteiger partial charge in [-0.25, -0.2) is 4.71 Å². The normalized spacial score (nSPS) is 10.9. The van der Waals surface area contributed by atoms with Crippen LogP contribution in [0.4, 0.5) is 0 Å². The Morgan fingerprint density at radius 3 is 1.25 bits per heavy atom. The third-order valence-corrected chi connectivity index (χ3v) is 3.70. The van der Waals surface area contributed by atoms with Crippen molar-refractivity contribution in [2.24, 2.45) is 0 Å². The number of hydrogen-bond acceptors (Lipinski definition) is 5. The van der Waals surface area contributed by atoms with Gasteiger partial charge in [-0.05, 0) is 26.9 Å². The van der Waals surface area contributed by atoms with Crippen molar-refractivity contribution in [1.82, 2.24) is 4.90 Å². The summed E-state index contributed by atoms with van der Waals surface area (Å²) in [4.78, 5) is 2.05. The van der Waals surface area contributed by atoms with Gasteiger partial charge in [-0.1, -0.05) is 13.8 Å². The minimum atomic E-state index is -0.120. The summed E-state index contributed by atoms with van der Waals surface area (Å²) in [5, 5.41) is 0. The van der Waals surface area contributed by atoms with E-state index in [1.807, 2.05) is 18.7 Å². The fourth-order valence-corrected chi connectivity index (χ4v) is 1.34. The van der Waals surface area contributed by atoms with Crippen LogP contribution in [-0.4, -0.2) is 39.1 Å². The van der Waals surface area contributed by atoms with Crippen LogP contribution in [0.5, 0.6) is 0 Å². The summed E-state index contributed by atoms with van der Waals surface area (Å²) < 4.78 is 0.185. The molecule has 0 rings (SSSR count). The number of hydrogen-bond donors (Lipinski definition) is 0.